The molecule has 9 heteroatoms. The molecule has 2 aromatic carbocycles. The van der Waals surface area contributed by atoms with E-state index >= 15 is 0 Å². The Balaban J connectivity index is 1.30. The average Bonchev–Trinajstić information content (AvgIpc) is 3.11. The van der Waals surface area contributed by atoms with E-state index in [1.165, 1.54) is 12.1 Å². The topological polar surface area (TPSA) is 84.2 Å². The van der Waals surface area contributed by atoms with Gasteiger partial charge in [-0.1, -0.05) is 18.2 Å². The molecular formula is C24H22F3N3O3. The number of fused-ring (bicyclic) bond motifs is 1. The summed E-state index contributed by atoms with van der Waals surface area (Å²) >= 11 is 0. The minimum Gasteiger partial charge on any atom is -0.481 e. The lowest BCUT2D eigenvalue weighted by atomic mass is 9.50. The number of aliphatic carboxylic acids is 1. The number of carboxylic acids is 1. The molecule has 5 rings (SSSR count). The molecule has 2 N–H and O–H groups in total. The van der Waals surface area contributed by atoms with Crippen LogP contribution < -0.4 is 5.32 Å². The van der Waals surface area contributed by atoms with Crippen LogP contribution in [0.5, 0.6) is 0 Å². The zero-order valence-corrected chi connectivity index (χ0v) is 17.6. The Hall–Kier alpha value is -3.36. The summed E-state index contributed by atoms with van der Waals surface area (Å²) in [5.74, 6) is -1.25. The summed E-state index contributed by atoms with van der Waals surface area (Å²) in [6.07, 6.45) is 0.0957. The first kappa shape index (κ1) is 21.5. The third-order valence-corrected chi connectivity index (χ3v) is 6.92. The third-order valence-electron chi connectivity index (χ3n) is 6.92. The molecule has 0 bridgehead atoms. The quantitative estimate of drug-likeness (QED) is 0.592. The normalized spacial score (nSPS) is 24.3. The summed E-state index contributed by atoms with van der Waals surface area (Å²) in [6, 6.07) is 10.2. The summed E-state index contributed by atoms with van der Waals surface area (Å²) in [7, 11) is 0. The predicted octanol–water partition coefficient (Wildman–Crippen LogP) is 4.48. The van der Waals surface area contributed by atoms with Crippen molar-refractivity contribution in [2.45, 2.75) is 44.4 Å². The van der Waals surface area contributed by atoms with Crippen LogP contribution in [-0.4, -0.2) is 32.6 Å². The Kier molecular flexibility index (Phi) is 4.95. The molecular weight excluding hydrogens is 435 g/mol. The molecule has 1 aromatic heterocycles. The van der Waals surface area contributed by atoms with Crippen molar-refractivity contribution in [3.8, 4) is 0 Å². The Morgan fingerprint density at radius 1 is 1.09 bits per heavy atom. The maximum Gasteiger partial charge on any atom is 0.416 e. The SMILES string of the molecule is O=C(NC1CC2(C1)CC(C(=O)O)C2)c1cccc2ncn(Cc3ccc(C(F)(F)F)cc3)c12. The summed E-state index contributed by atoms with van der Waals surface area (Å²) in [5, 5.41) is 12.1. The second kappa shape index (κ2) is 7.60. The van der Waals surface area contributed by atoms with Gasteiger partial charge in [0.05, 0.1) is 34.4 Å². The summed E-state index contributed by atoms with van der Waals surface area (Å²) in [4.78, 5) is 28.4. The molecule has 2 fully saturated rings. The number of nitrogens with one attached hydrogen (secondary N) is 1. The van der Waals surface area contributed by atoms with Gasteiger partial charge in [0.1, 0.15) is 0 Å². The number of rotatable bonds is 5. The van der Waals surface area contributed by atoms with Crippen LogP contribution in [0.1, 0.15) is 47.2 Å². The van der Waals surface area contributed by atoms with Gasteiger partial charge in [0.25, 0.3) is 5.91 Å². The summed E-state index contributed by atoms with van der Waals surface area (Å²) < 4.78 is 40.2. The standard InChI is InChI=1S/C24H22F3N3O3/c25-24(26,27)16-6-4-14(5-7-16)12-30-13-28-19-3-1-2-18(20(19)30)21(31)29-17-10-23(11-17)8-15(9-23)22(32)33/h1-7,13,15,17H,8-12H2,(H,29,31)(H,32,33). The number of aromatic nitrogens is 2. The maximum absolute atomic E-state index is 13.0. The number of carbonyl (C=O) groups is 2. The average molecular weight is 457 g/mol. The largest absolute Gasteiger partial charge is 0.481 e. The lowest BCUT2D eigenvalue weighted by Crippen LogP contribution is -2.57. The molecule has 2 aliphatic carbocycles. The Labute approximate surface area is 187 Å². The molecule has 0 atom stereocenters. The van der Waals surface area contributed by atoms with Crippen LogP contribution in [0.15, 0.2) is 48.8 Å². The zero-order valence-electron chi connectivity index (χ0n) is 17.6. The first-order valence-corrected chi connectivity index (χ1v) is 10.8. The van der Waals surface area contributed by atoms with E-state index in [9.17, 15) is 22.8 Å². The molecule has 0 aliphatic heterocycles. The van der Waals surface area contributed by atoms with E-state index in [0.717, 1.165) is 25.0 Å². The van der Waals surface area contributed by atoms with Gasteiger partial charge in [0.15, 0.2) is 0 Å². The number of hydrogen-bond acceptors (Lipinski definition) is 3. The number of hydrogen-bond donors (Lipinski definition) is 2. The molecule has 172 valence electrons. The molecule has 33 heavy (non-hydrogen) atoms. The van der Waals surface area contributed by atoms with Crippen LogP contribution in [0, 0.1) is 11.3 Å². The number of carbonyl (C=O) groups excluding carboxylic acids is 1. The van der Waals surface area contributed by atoms with Gasteiger partial charge >= 0.3 is 12.1 Å². The first-order chi connectivity index (χ1) is 15.6. The molecule has 3 aromatic rings. The van der Waals surface area contributed by atoms with Crippen LogP contribution in [0.3, 0.4) is 0 Å². The first-order valence-electron chi connectivity index (χ1n) is 10.8. The molecule has 2 saturated carbocycles. The number of nitrogens with zero attached hydrogens (tertiary/aromatic N) is 2. The van der Waals surface area contributed by atoms with E-state index in [0.29, 0.717) is 35.0 Å². The van der Waals surface area contributed by atoms with Crippen molar-refractivity contribution >= 4 is 22.9 Å². The van der Waals surface area contributed by atoms with Gasteiger partial charge in [-0.15, -0.1) is 0 Å². The van der Waals surface area contributed by atoms with Gasteiger partial charge in [-0.3, -0.25) is 9.59 Å². The number of halogens is 3. The molecule has 0 unspecified atom stereocenters. The van der Waals surface area contributed by atoms with Gasteiger partial charge in [-0.05, 0) is 60.9 Å². The smallest absolute Gasteiger partial charge is 0.416 e. The number of benzene rings is 2. The van der Waals surface area contributed by atoms with Crippen LogP contribution in [-0.2, 0) is 17.5 Å². The number of para-hydroxylation sites is 1. The predicted molar refractivity (Wildman–Crippen MR) is 114 cm³/mol. The fourth-order valence-electron chi connectivity index (χ4n) is 5.27. The van der Waals surface area contributed by atoms with E-state index in [-0.39, 0.29) is 29.8 Å². The lowest BCUT2D eigenvalue weighted by molar-refractivity contribution is -0.155. The summed E-state index contributed by atoms with van der Waals surface area (Å²) in [6.45, 7) is 0.280. The van der Waals surface area contributed by atoms with Gasteiger partial charge in [0.2, 0.25) is 0 Å². The minimum atomic E-state index is -4.39. The van der Waals surface area contributed by atoms with Crippen molar-refractivity contribution in [2.24, 2.45) is 11.3 Å². The van der Waals surface area contributed by atoms with Crippen molar-refractivity contribution in [1.82, 2.24) is 14.9 Å². The minimum absolute atomic E-state index is 0.00813. The highest BCUT2D eigenvalue weighted by atomic mass is 19.4. The van der Waals surface area contributed by atoms with Gasteiger partial charge in [0, 0.05) is 12.6 Å². The molecule has 1 amide bonds. The number of amides is 1. The van der Waals surface area contributed by atoms with Crippen LogP contribution in [0.25, 0.3) is 11.0 Å². The van der Waals surface area contributed by atoms with Crippen molar-refractivity contribution < 1.29 is 27.9 Å². The molecule has 1 heterocycles. The highest BCUT2D eigenvalue weighted by Gasteiger charge is 2.55. The second-order valence-corrected chi connectivity index (χ2v) is 9.26. The van der Waals surface area contributed by atoms with Crippen molar-refractivity contribution in [1.29, 1.82) is 0 Å². The third kappa shape index (κ3) is 3.96. The van der Waals surface area contributed by atoms with Crippen molar-refractivity contribution in [3.63, 3.8) is 0 Å². The Bertz CT molecular complexity index is 1220. The number of alkyl halides is 3. The molecule has 0 radical (unpaired) electrons. The van der Waals surface area contributed by atoms with E-state index in [1.54, 1.807) is 29.1 Å². The van der Waals surface area contributed by atoms with E-state index in [4.69, 9.17) is 5.11 Å². The van der Waals surface area contributed by atoms with Gasteiger partial charge in [-0.2, -0.15) is 13.2 Å². The van der Waals surface area contributed by atoms with Crippen molar-refractivity contribution in [2.75, 3.05) is 0 Å². The molecule has 2 aliphatic rings. The van der Waals surface area contributed by atoms with Crippen molar-refractivity contribution in [3.05, 3.63) is 65.5 Å². The maximum atomic E-state index is 13.0. The fourth-order valence-corrected chi connectivity index (χ4v) is 5.27. The lowest BCUT2D eigenvalue weighted by Gasteiger charge is -2.56. The molecule has 1 spiro atoms. The highest BCUT2D eigenvalue weighted by Crippen LogP contribution is 2.58. The molecule has 0 saturated heterocycles. The van der Waals surface area contributed by atoms with Gasteiger partial charge in [-0.25, -0.2) is 4.98 Å². The van der Waals surface area contributed by atoms with Crippen LogP contribution in [0.2, 0.25) is 0 Å². The van der Waals surface area contributed by atoms with E-state index in [2.05, 4.69) is 10.3 Å². The van der Waals surface area contributed by atoms with Gasteiger partial charge < -0.3 is 15.0 Å². The Morgan fingerprint density at radius 3 is 2.42 bits per heavy atom. The van der Waals surface area contributed by atoms with E-state index < -0.39 is 17.7 Å². The van der Waals surface area contributed by atoms with Crippen LogP contribution >= 0.6 is 0 Å². The van der Waals surface area contributed by atoms with E-state index in [1.807, 2.05) is 0 Å². The zero-order chi connectivity index (χ0) is 23.4. The van der Waals surface area contributed by atoms with Crippen LogP contribution in [0.4, 0.5) is 13.2 Å². The number of imidazole rings is 1. The second-order valence-electron chi connectivity index (χ2n) is 9.26. The monoisotopic (exact) mass is 457 g/mol. The number of carboxylic acid groups (broad SMARTS) is 1. The highest BCUT2D eigenvalue weighted by molar-refractivity contribution is 6.05. The summed E-state index contributed by atoms with van der Waals surface area (Å²) in [5.41, 5.74) is 1.71. The molecule has 6 nitrogen and oxygen atoms in total. The fraction of sp³-hybridized carbons (Fsp3) is 0.375. The Morgan fingerprint density at radius 2 is 1.79 bits per heavy atom.